The van der Waals surface area contributed by atoms with Crippen LogP contribution in [0.4, 0.5) is 0 Å². The number of hydrogen-bond acceptors (Lipinski definition) is 9. The van der Waals surface area contributed by atoms with Crippen molar-refractivity contribution in [3.05, 3.63) is 22.8 Å². The number of esters is 1. The molecule has 2 aliphatic heterocycles. The zero-order valence-electron chi connectivity index (χ0n) is 20.1. The van der Waals surface area contributed by atoms with Gasteiger partial charge in [0.15, 0.2) is 6.29 Å². The van der Waals surface area contributed by atoms with Gasteiger partial charge in [0.1, 0.15) is 24.9 Å². The molecule has 4 aliphatic rings. The third kappa shape index (κ3) is 4.59. The molecule has 1 saturated carbocycles. The Kier molecular flexibility index (Phi) is 7.28. The van der Waals surface area contributed by atoms with E-state index in [0.29, 0.717) is 38.7 Å². The van der Waals surface area contributed by atoms with E-state index >= 15 is 0 Å². The van der Waals surface area contributed by atoms with Crippen LogP contribution in [0.2, 0.25) is 0 Å². The summed E-state index contributed by atoms with van der Waals surface area (Å²) in [4.78, 5) is 11.5. The van der Waals surface area contributed by atoms with E-state index in [-0.39, 0.29) is 25.1 Å². The Balaban J connectivity index is 1.65. The molecule has 0 unspecified atom stereocenters. The topological polar surface area (TPSA) is 146 Å². The van der Waals surface area contributed by atoms with Crippen molar-refractivity contribution in [2.45, 2.75) is 89.7 Å². The average molecular weight is 483 g/mol. The van der Waals surface area contributed by atoms with Gasteiger partial charge in [0.25, 0.3) is 0 Å². The Morgan fingerprint density at radius 2 is 1.85 bits per heavy atom. The molecule has 0 radical (unpaired) electrons. The van der Waals surface area contributed by atoms with Crippen LogP contribution in [0.15, 0.2) is 22.8 Å². The smallest absolute Gasteiger partial charge is 0.331 e. The van der Waals surface area contributed by atoms with E-state index < -0.39 is 47.6 Å². The molecule has 0 aromatic heterocycles. The highest BCUT2D eigenvalue weighted by atomic mass is 16.7. The molecule has 0 bridgehead atoms. The standard InChI is InChI=1S/C25H38O9/c1-13-6-18(34-23-21(31)20(30)17(28)11-33-23)22-24(2,12-26)8-15(27)9-25(22,3)16(13)5-4-14-7-19(29)32-10-14/h7,15,17-18,20-23,26-28,30-31H,4-6,8-12H2,1-3H3/t15-,17-,18-,20-,21+,22-,23-,24-,25+/m0/s1. The summed E-state index contributed by atoms with van der Waals surface area (Å²) in [6, 6.07) is 0. The van der Waals surface area contributed by atoms with Crippen molar-refractivity contribution in [3.8, 4) is 0 Å². The first-order valence-corrected chi connectivity index (χ1v) is 12.1. The van der Waals surface area contributed by atoms with E-state index in [1.54, 1.807) is 6.08 Å². The van der Waals surface area contributed by atoms with Crippen LogP contribution in [0.1, 0.15) is 52.9 Å². The second-order valence-electron chi connectivity index (χ2n) is 11.1. The van der Waals surface area contributed by atoms with Crippen molar-refractivity contribution >= 4 is 5.97 Å². The van der Waals surface area contributed by atoms with Crippen molar-refractivity contribution in [1.82, 2.24) is 0 Å². The molecule has 9 atom stereocenters. The van der Waals surface area contributed by atoms with E-state index in [1.807, 2.05) is 13.8 Å². The number of ether oxygens (including phenoxy) is 3. The molecule has 9 nitrogen and oxygen atoms in total. The number of rotatable bonds is 6. The molecular formula is C25H38O9. The van der Waals surface area contributed by atoms with Gasteiger partial charge < -0.3 is 39.7 Å². The summed E-state index contributed by atoms with van der Waals surface area (Å²) in [5.74, 6) is -0.511. The predicted molar refractivity (Wildman–Crippen MR) is 120 cm³/mol. The van der Waals surface area contributed by atoms with Crippen LogP contribution in [0, 0.1) is 16.7 Å². The lowest BCUT2D eigenvalue weighted by atomic mass is 9.48. The first-order valence-electron chi connectivity index (χ1n) is 12.1. The molecule has 34 heavy (non-hydrogen) atoms. The fourth-order valence-electron chi connectivity index (χ4n) is 7.03. The summed E-state index contributed by atoms with van der Waals surface area (Å²) in [6.07, 6.45) is -1.72. The number of aliphatic hydroxyl groups is 5. The number of cyclic esters (lactones) is 1. The van der Waals surface area contributed by atoms with E-state index in [2.05, 4.69) is 6.92 Å². The molecule has 9 heteroatoms. The van der Waals surface area contributed by atoms with Gasteiger partial charge in [-0.15, -0.1) is 0 Å². The molecule has 4 rings (SSSR count). The van der Waals surface area contributed by atoms with E-state index in [9.17, 15) is 30.3 Å². The van der Waals surface area contributed by atoms with Crippen LogP contribution in [0.5, 0.6) is 0 Å². The van der Waals surface area contributed by atoms with Gasteiger partial charge in [0, 0.05) is 18.6 Å². The largest absolute Gasteiger partial charge is 0.458 e. The fraction of sp³-hybridized carbons (Fsp3) is 0.800. The molecule has 2 aliphatic carbocycles. The van der Waals surface area contributed by atoms with E-state index in [4.69, 9.17) is 14.2 Å². The highest BCUT2D eigenvalue weighted by Gasteiger charge is 2.59. The second-order valence-corrected chi connectivity index (χ2v) is 11.1. The lowest BCUT2D eigenvalue weighted by molar-refractivity contribution is -0.299. The first-order chi connectivity index (χ1) is 16.0. The van der Waals surface area contributed by atoms with Crippen LogP contribution in [-0.4, -0.2) is 88.1 Å². The van der Waals surface area contributed by atoms with Gasteiger partial charge in [-0.2, -0.15) is 0 Å². The van der Waals surface area contributed by atoms with Crippen molar-refractivity contribution in [3.63, 3.8) is 0 Å². The number of allylic oxidation sites excluding steroid dienone is 1. The highest BCUT2D eigenvalue weighted by Crippen LogP contribution is 2.61. The Morgan fingerprint density at radius 3 is 2.50 bits per heavy atom. The average Bonchev–Trinajstić information content (AvgIpc) is 3.17. The third-order valence-corrected chi connectivity index (χ3v) is 8.42. The van der Waals surface area contributed by atoms with Crippen molar-refractivity contribution in [2.24, 2.45) is 16.7 Å². The molecule has 1 saturated heterocycles. The molecular weight excluding hydrogens is 444 g/mol. The van der Waals surface area contributed by atoms with Crippen LogP contribution in [0.25, 0.3) is 0 Å². The molecule has 5 N–H and O–H groups in total. The van der Waals surface area contributed by atoms with Gasteiger partial charge >= 0.3 is 5.97 Å². The van der Waals surface area contributed by atoms with Crippen molar-refractivity contribution in [2.75, 3.05) is 19.8 Å². The molecule has 0 spiro atoms. The van der Waals surface area contributed by atoms with Crippen LogP contribution < -0.4 is 0 Å². The molecule has 2 heterocycles. The van der Waals surface area contributed by atoms with Crippen LogP contribution in [0.3, 0.4) is 0 Å². The van der Waals surface area contributed by atoms with Gasteiger partial charge in [-0.05, 0) is 55.4 Å². The summed E-state index contributed by atoms with van der Waals surface area (Å²) in [7, 11) is 0. The third-order valence-electron chi connectivity index (χ3n) is 8.42. The Morgan fingerprint density at radius 1 is 1.12 bits per heavy atom. The molecule has 192 valence electrons. The zero-order valence-corrected chi connectivity index (χ0v) is 20.1. The minimum absolute atomic E-state index is 0.139. The maximum Gasteiger partial charge on any atom is 0.331 e. The first kappa shape index (κ1) is 25.8. The fourth-order valence-corrected chi connectivity index (χ4v) is 7.03. The van der Waals surface area contributed by atoms with Gasteiger partial charge in [-0.3, -0.25) is 0 Å². The number of fused-ring (bicyclic) bond motifs is 1. The molecule has 0 amide bonds. The maximum absolute atomic E-state index is 11.5. The quantitative estimate of drug-likeness (QED) is 0.271. The maximum atomic E-state index is 11.5. The van der Waals surface area contributed by atoms with Crippen molar-refractivity contribution < 1.29 is 44.5 Å². The lowest BCUT2D eigenvalue weighted by Gasteiger charge is -2.59. The summed E-state index contributed by atoms with van der Waals surface area (Å²) in [6.45, 7) is 6.10. The highest BCUT2D eigenvalue weighted by molar-refractivity contribution is 5.85. The van der Waals surface area contributed by atoms with Crippen LogP contribution >= 0.6 is 0 Å². The lowest BCUT2D eigenvalue weighted by Crippen LogP contribution is -2.60. The Bertz CT molecular complexity index is 853. The molecule has 0 aromatic rings. The zero-order chi connectivity index (χ0) is 24.8. The minimum Gasteiger partial charge on any atom is -0.458 e. The SMILES string of the molecule is CC1=C(CCC2=CC(=O)OC2)[C@@]2(C)C[C@@H](O)C[C@@](C)(CO)[C@@H]2[C@@H](O[C@@H]2OC[C@H](O)[C@H](O)[C@H]2O)C1. The van der Waals surface area contributed by atoms with E-state index in [1.165, 1.54) is 5.57 Å². The Labute approximate surface area is 200 Å². The number of carbonyl (C=O) groups excluding carboxylic acids is 1. The van der Waals surface area contributed by atoms with Gasteiger partial charge in [-0.1, -0.05) is 25.0 Å². The number of hydrogen-bond donors (Lipinski definition) is 5. The predicted octanol–water partition coefficient (Wildman–Crippen LogP) is 0.570. The summed E-state index contributed by atoms with van der Waals surface area (Å²) in [5, 5.41) is 51.7. The molecule has 0 aromatic carbocycles. The Hall–Kier alpha value is -1.33. The van der Waals surface area contributed by atoms with Gasteiger partial charge in [-0.25, -0.2) is 4.79 Å². The minimum atomic E-state index is -1.40. The van der Waals surface area contributed by atoms with Crippen LogP contribution in [-0.2, 0) is 19.0 Å². The molecule has 2 fully saturated rings. The summed E-state index contributed by atoms with van der Waals surface area (Å²) < 4.78 is 16.9. The monoisotopic (exact) mass is 482 g/mol. The normalized spacial score (nSPS) is 45.1. The summed E-state index contributed by atoms with van der Waals surface area (Å²) in [5.41, 5.74) is 2.10. The number of aliphatic hydroxyl groups excluding tert-OH is 5. The van der Waals surface area contributed by atoms with Gasteiger partial charge in [0.2, 0.25) is 0 Å². The number of carbonyl (C=O) groups is 1. The second kappa shape index (κ2) is 9.61. The van der Waals surface area contributed by atoms with Crippen molar-refractivity contribution in [1.29, 1.82) is 0 Å². The summed E-state index contributed by atoms with van der Waals surface area (Å²) >= 11 is 0. The van der Waals surface area contributed by atoms with E-state index in [0.717, 1.165) is 11.1 Å². The van der Waals surface area contributed by atoms with Gasteiger partial charge in [0.05, 0.1) is 18.8 Å².